The lowest BCUT2D eigenvalue weighted by Crippen LogP contribution is -2.36. The van der Waals surface area contributed by atoms with Gasteiger partial charge in [0, 0.05) is 6.54 Å². The molecule has 2 N–H and O–H groups in total. The van der Waals surface area contributed by atoms with Crippen molar-refractivity contribution in [1.82, 2.24) is 5.32 Å². The van der Waals surface area contributed by atoms with Crippen molar-refractivity contribution >= 4 is 17.7 Å². The van der Waals surface area contributed by atoms with Gasteiger partial charge in [0.25, 0.3) is 0 Å². The number of methoxy groups -OCH3 is 1. The molecule has 0 amide bonds. The Morgan fingerprint density at radius 1 is 1.22 bits per heavy atom. The summed E-state index contributed by atoms with van der Waals surface area (Å²) in [6.07, 6.45) is 2.56. The third-order valence-electron chi connectivity index (χ3n) is 4.33. The molecule has 5 nitrogen and oxygen atoms in total. The molecule has 0 saturated carbocycles. The molecule has 0 heterocycles. The molecule has 1 atom stereocenters. The predicted octanol–water partition coefficient (Wildman–Crippen LogP) is 3.88. The lowest BCUT2D eigenvalue weighted by atomic mass is 10.1. The molecule has 0 saturated heterocycles. The lowest BCUT2D eigenvalue weighted by Gasteiger charge is -2.16. The molecule has 0 bridgehead atoms. The molecule has 2 aromatic rings. The number of carbonyl (C=O) groups is 1. The van der Waals surface area contributed by atoms with Gasteiger partial charge in [0.1, 0.15) is 12.6 Å². The zero-order valence-electron chi connectivity index (χ0n) is 16.0. The van der Waals surface area contributed by atoms with Gasteiger partial charge >= 0.3 is 5.97 Å². The molecule has 0 aliphatic rings. The van der Waals surface area contributed by atoms with Gasteiger partial charge in [-0.05, 0) is 54.2 Å². The quantitative estimate of drug-likeness (QED) is 0.608. The van der Waals surface area contributed by atoms with Crippen molar-refractivity contribution < 1.29 is 19.4 Å². The highest BCUT2D eigenvalue weighted by molar-refractivity contribution is 7.98. The second-order valence-electron chi connectivity index (χ2n) is 6.25. The van der Waals surface area contributed by atoms with Gasteiger partial charge < -0.3 is 19.9 Å². The lowest BCUT2D eigenvalue weighted by molar-refractivity contribution is -0.139. The Kier molecular flexibility index (Phi) is 8.48. The fourth-order valence-electron chi connectivity index (χ4n) is 2.66. The van der Waals surface area contributed by atoms with Gasteiger partial charge in [-0.15, -0.1) is 0 Å². The highest BCUT2D eigenvalue weighted by atomic mass is 32.2. The molecule has 0 spiro atoms. The molecule has 0 aliphatic carbocycles. The van der Waals surface area contributed by atoms with Gasteiger partial charge in [-0.25, -0.2) is 0 Å². The van der Waals surface area contributed by atoms with E-state index in [1.54, 1.807) is 18.9 Å². The van der Waals surface area contributed by atoms with Crippen LogP contribution >= 0.6 is 11.8 Å². The number of ether oxygens (including phenoxy) is 2. The summed E-state index contributed by atoms with van der Waals surface area (Å²) in [6.45, 7) is 2.98. The summed E-state index contributed by atoms with van der Waals surface area (Å²) < 4.78 is 11.4. The van der Waals surface area contributed by atoms with Gasteiger partial charge in [-0.1, -0.05) is 30.3 Å². The van der Waals surface area contributed by atoms with Crippen molar-refractivity contribution in [3.63, 3.8) is 0 Å². The fraction of sp³-hybridized carbons (Fsp3) is 0.381. The van der Waals surface area contributed by atoms with Crippen LogP contribution < -0.4 is 14.8 Å². The van der Waals surface area contributed by atoms with Crippen LogP contribution in [0, 0.1) is 6.92 Å². The normalized spacial score (nSPS) is 11.8. The SMILES string of the molecule is COc1cc(CNC(CCSC)C(=O)O)ccc1OCc1ccccc1C. The summed E-state index contributed by atoms with van der Waals surface area (Å²) in [5.74, 6) is 1.29. The van der Waals surface area contributed by atoms with Crippen LogP contribution in [-0.2, 0) is 17.9 Å². The van der Waals surface area contributed by atoms with Crippen molar-refractivity contribution in [2.75, 3.05) is 19.1 Å². The minimum atomic E-state index is -0.825. The number of aliphatic carboxylic acids is 1. The van der Waals surface area contributed by atoms with E-state index in [-0.39, 0.29) is 0 Å². The van der Waals surface area contributed by atoms with E-state index in [1.807, 2.05) is 42.7 Å². The molecule has 1 unspecified atom stereocenters. The molecular formula is C21H27NO4S. The molecule has 0 radical (unpaired) electrons. The number of thioether (sulfide) groups is 1. The Hall–Kier alpha value is -2.18. The van der Waals surface area contributed by atoms with E-state index in [9.17, 15) is 9.90 Å². The zero-order valence-corrected chi connectivity index (χ0v) is 16.8. The van der Waals surface area contributed by atoms with E-state index in [0.29, 0.717) is 31.1 Å². The minimum absolute atomic E-state index is 0.458. The minimum Gasteiger partial charge on any atom is -0.493 e. The van der Waals surface area contributed by atoms with Crippen molar-refractivity contribution in [3.05, 3.63) is 59.2 Å². The van der Waals surface area contributed by atoms with Gasteiger partial charge in [-0.2, -0.15) is 11.8 Å². The zero-order chi connectivity index (χ0) is 19.6. The van der Waals surface area contributed by atoms with Crippen molar-refractivity contribution in [3.8, 4) is 11.5 Å². The van der Waals surface area contributed by atoms with Crippen LogP contribution in [0.2, 0.25) is 0 Å². The first kappa shape index (κ1) is 21.1. The number of benzene rings is 2. The molecule has 0 fully saturated rings. The maximum Gasteiger partial charge on any atom is 0.320 e. The summed E-state index contributed by atoms with van der Waals surface area (Å²) in [5.41, 5.74) is 3.26. The number of rotatable bonds is 11. The van der Waals surface area contributed by atoms with Crippen LogP contribution in [0.1, 0.15) is 23.1 Å². The number of nitrogens with one attached hydrogen (secondary N) is 1. The average molecular weight is 390 g/mol. The van der Waals surface area contributed by atoms with Crippen LogP contribution in [0.25, 0.3) is 0 Å². The van der Waals surface area contributed by atoms with Crippen molar-refractivity contribution in [2.24, 2.45) is 0 Å². The van der Waals surface area contributed by atoms with E-state index in [1.165, 1.54) is 5.56 Å². The standard InChI is InChI=1S/C21H27NO4S/c1-15-6-4-5-7-17(15)14-26-19-9-8-16(12-20(19)25-2)13-22-18(21(23)24)10-11-27-3/h4-9,12,18,22H,10-11,13-14H2,1-3H3,(H,23,24). The second kappa shape index (κ2) is 10.8. The molecule has 146 valence electrons. The first-order valence-electron chi connectivity index (χ1n) is 8.84. The summed E-state index contributed by atoms with van der Waals surface area (Å²) in [7, 11) is 1.60. The fourth-order valence-corrected chi connectivity index (χ4v) is 3.13. The van der Waals surface area contributed by atoms with E-state index >= 15 is 0 Å². The number of hydrogen-bond donors (Lipinski definition) is 2. The Labute approximate surface area is 165 Å². The molecule has 2 rings (SSSR count). The number of carboxylic acids is 1. The summed E-state index contributed by atoms with van der Waals surface area (Å²) >= 11 is 1.64. The van der Waals surface area contributed by atoms with Gasteiger partial charge in [0.05, 0.1) is 7.11 Å². The third kappa shape index (κ3) is 6.48. The Morgan fingerprint density at radius 3 is 2.67 bits per heavy atom. The molecule has 0 aliphatic heterocycles. The highest BCUT2D eigenvalue weighted by Crippen LogP contribution is 2.29. The molecule has 6 heteroatoms. The average Bonchev–Trinajstić information content (AvgIpc) is 2.67. The van der Waals surface area contributed by atoms with Crippen molar-refractivity contribution in [2.45, 2.75) is 32.5 Å². The topological polar surface area (TPSA) is 67.8 Å². The van der Waals surface area contributed by atoms with E-state index in [2.05, 4.69) is 18.3 Å². The Balaban J connectivity index is 2.00. The van der Waals surface area contributed by atoms with Gasteiger partial charge in [-0.3, -0.25) is 4.79 Å². The monoisotopic (exact) mass is 389 g/mol. The van der Waals surface area contributed by atoms with Crippen LogP contribution in [0.15, 0.2) is 42.5 Å². The van der Waals surface area contributed by atoms with Crippen molar-refractivity contribution in [1.29, 1.82) is 0 Å². The number of carboxylic acid groups (broad SMARTS) is 1. The van der Waals surface area contributed by atoms with E-state index in [0.717, 1.165) is 16.9 Å². The summed E-state index contributed by atoms with van der Waals surface area (Å²) in [4.78, 5) is 11.3. The first-order valence-corrected chi connectivity index (χ1v) is 10.2. The maximum atomic E-state index is 11.3. The van der Waals surface area contributed by atoms with Crippen LogP contribution in [0.3, 0.4) is 0 Å². The summed E-state index contributed by atoms with van der Waals surface area (Å²) in [5, 5.41) is 12.4. The number of aryl methyl sites for hydroxylation is 1. The van der Waals surface area contributed by atoms with E-state index < -0.39 is 12.0 Å². The van der Waals surface area contributed by atoms with E-state index in [4.69, 9.17) is 9.47 Å². The second-order valence-corrected chi connectivity index (χ2v) is 7.24. The first-order chi connectivity index (χ1) is 13.0. The molecular weight excluding hydrogens is 362 g/mol. The molecule has 2 aromatic carbocycles. The Bertz CT molecular complexity index is 751. The molecule has 0 aromatic heterocycles. The number of hydrogen-bond acceptors (Lipinski definition) is 5. The van der Waals surface area contributed by atoms with Gasteiger partial charge in [0.15, 0.2) is 11.5 Å². The van der Waals surface area contributed by atoms with Crippen LogP contribution in [0.4, 0.5) is 0 Å². The summed E-state index contributed by atoms with van der Waals surface area (Å²) in [6, 6.07) is 13.2. The predicted molar refractivity (Wildman–Crippen MR) is 110 cm³/mol. The smallest absolute Gasteiger partial charge is 0.320 e. The maximum absolute atomic E-state index is 11.3. The largest absolute Gasteiger partial charge is 0.493 e. The van der Waals surface area contributed by atoms with Crippen LogP contribution in [-0.4, -0.2) is 36.2 Å². The highest BCUT2D eigenvalue weighted by Gasteiger charge is 2.16. The van der Waals surface area contributed by atoms with Crippen LogP contribution in [0.5, 0.6) is 11.5 Å². The molecule has 27 heavy (non-hydrogen) atoms. The third-order valence-corrected chi connectivity index (χ3v) is 4.98. The van der Waals surface area contributed by atoms with Gasteiger partial charge in [0.2, 0.25) is 0 Å². The Morgan fingerprint density at radius 2 is 2.00 bits per heavy atom.